The van der Waals surface area contributed by atoms with E-state index >= 15 is 0 Å². The van der Waals surface area contributed by atoms with Crippen LogP contribution in [0.1, 0.15) is 19.0 Å². The Hall–Kier alpha value is -2.26. The summed E-state index contributed by atoms with van der Waals surface area (Å²) in [7, 11) is -3.13. The number of anilines is 3. The molecule has 2 aromatic heterocycles. The number of aryl methyl sites for hydroxylation is 1. The topological polar surface area (TPSA) is 91.3 Å². The molecule has 26 heavy (non-hydrogen) atoms. The van der Waals surface area contributed by atoms with Crippen LogP contribution in [0.15, 0.2) is 30.3 Å². The van der Waals surface area contributed by atoms with Crippen molar-refractivity contribution in [3.8, 4) is 0 Å². The molecule has 1 N–H and O–H groups in total. The standard InChI is InChI=1S/C17H24N6O2S/c1-3-13-26(24,25)23-11-9-22(10-12-23)17-8-7-16(20-21-17)19-15-6-4-5-14(2)18-15/h4-8H,3,9-13H2,1-2H3,(H,18,19,20). The van der Waals surface area contributed by atoms with Crippen molar-refractivity contribution in [2.75, 3.05) is 42.1 Å². The highest BCUT2D eigenvalue weighted by Crippen LogP contribution is 2.18. The molecule has 1 saturated heterocycles. The number of rotatable bonds is 6. The van der Waals surface area contributed by atoms with Gasteiger partial charge in [-0.2, -0.15) is 4.31 Å². The first kappa shape index (κ1) is 18.5. The third kappa shape index (κ3) is 4.47. The molecule has 0 bridgehead atoms. The first-order valence-corrected chi connectivity index (χ1v) is 10.4. The molecule has 0 amide bonds. The van der Waals surface area contributed by atoms with Gasteiger partial charge in [-0.25, -0.2) is 13.4 Å². The van der Waals surface area contributed by atoms with Crippen LogP contribution >= 0.6 is 0 Å². The van der Waals surface area contributed by atoms with E-state index in [-0.39, 0.29) is 5.75 Å². The van der Waals surface area contributed by atoms with Crippen molar-refractivity contribution in [2.45, 2.75) is 20.3 Å². The fourth-order valence-electron chi connectivity index (χ4n) is 2.89. The minimum Gasteiger partial charge on any atom is -0.352 e. The third-order valence-corrected chi connectivity index (χ3v) is 6.29. The average Bonchev–Trinajstić information content (AvgIpc) is 2.62. The molecule has 0 aromatic carbocycles. The second-order valence-corrected chi connectivity index (χ2v) is 8.36. The van der Waals surface area contributed by atoms with Gasteiger partial charge in [0.15, 0.2) is 11.6 Å². The number of piperazine rings is 1. The lowest BCUT2D eigenvalue weighted by Crippen LogP contribution is -2.49. The Balaban J connectivity index is 1.60. The summed E-state index contributed by atoms with van der Waals surface area (Å²) in [6.45, 7) is 6.01. The number of nitrogens with one attached hydrogen (secondary N) is 1. The van der Waals surface area contributed by atoms with Gasteiger partial charge in [0.05, 0.1) is 5.75 Å². The van der Waals surface area contributed by atoms with Gasteiger partial charge in [-0.1, -0.05) is 13.0 Å². The number of sulfonamides is 1. The van der Waals surface area contributed by atoms with Gasteiger partial charge < -0.3 is 10.2 Å². The van der Waals surface area contributed by atoms with Gasteiger partial charge in [-0.05, 0) is 37.6 Å². The van der Waals surface area contributed by atoms with Crippen LogP contribution in [0, 0.1) is 6.92 Å². The summed E-state index contributed by atoms with van der Waals surface area (Å²) in [5.41, 5.74) is 0.926. The quantitative estimate of drug-likeness (QED) is 0.822. The molecule has 0 aliphatic carbocycles. The number of nitrogens with zero attached hydrogens (tertiary/aromatic N) is 5. The van der Waals surface area contributed by atoms with Crippen molar-refractivity contribution in [3.05, 3.63) is 36.0 Å². The highest BCUT2D eigenvalue weighted by atomic mass is 32.2. The Kier molecular flexibility index (Phi) is 5.67. The molecule has 0 saturated carbocycles. The maximum Gasteiger partial charge on any atom is 0.214 e. The van der Waals surface area contributed by atoms with E-state index in [4.69, 9.17) is 0 Å². The molecule has 1 aliphatic rings. The van der Waals surface area contributed by atoms with Crippen LogP contribution < -0.4 is 10.2 Å². The molecule has 0 spiro atoms. The van der Waals surface area contributed by atoms with Crippen molar-refractivity contribution in [1.82, 2.24) is 19.5 Å². The molecule has 3 heterocycles. The maximum atomic E-state index is 12.1. The second-order valence-electron chi connectivity index (χ2n) is 6.27. The predicted octanol–water partition coefficient (Wildman–Crippen LogP) is 1.79. The van der Waals surface area contributed by atoms with Gasteiger partial charge in [0.25, 0.3) is 0 Å². The minimum atomic E-state index is -3.13. The molecule has 3 rings (SSSR count). The highest BCUT2D eigenvalue weighted by molar-refractivity contribution is 7.89. The van der Waals surface area contributed by atoms with Crippen LogP contribution in [0.2, 0.25) is 0 Å². The Morgan fingerprint density at radius 2 is 1.81 bits per heavy atom. The van der Waals surface area contributed by atoms with Gasteiger partial charge in [0, 0.05) is 31.9 Å². The zero-order valence-corrected chi connectivity index (χ0v) is 15.9. The Labute approximate surface area is 154 Å². The first-order valence-electron chi connectivity index (χ1n) is 8.75. The fraction of sp³-hybridized carbons (Fsp3) is 0.471. The monoisotopic (exact) mass is 376 g/mol. The summed E-state index contributed by atoms with van der Waals surface area (Å²) < 4.78 is 25.8. The lowest BCUT2D eigenvalue weighted by molar-refractivity contribution is 0.383. The Bertz CT molecular complexity index is 833. The Morgan fingerprint density at radius 3 is 2.42 bits per heavy atom. The summed E-state index contributed by atoms with van der Waals surface area (Å²) in [6.07, 6.45) is 0.637. The number of pyridine rings is 1. The Morgan fingerprint density at radius 1 is 1.04 bits per heavy atom. The maximum absolute atomic E-state index is 12.1. The fourth-order valence-corrected chi connectivity index (χ4v) is 4.38. The van der Waals surface area contributed by atoms with E-state index in [1.165, 1.54) is 0 Å². The van der Waals surface area contributed by atoms with Crippen LogP contribution in [-0.4, -0.2) is 59.8 Å². The van der Waals surface area contributed by atoms with E-state index in [1.54, 1.807) is 4.31 Å². The predicted molar refractivity (Wildman–Crippen MR) is 102 cm³/mol. The minimum absolute atomic E-state index is 0.208. The van der Waals surface area contributed by atoms with Crippen LogP contribution in [0.25, 0.3) is 0 Å². The van der Waals surface area contributed by atoms with E-state index in [1.807, 2.05) is 44.2 Å². The summed E-state index contributed by atoms with van der Waals surface area (Å²) in [6, 6.07) is 9.48. The van der Waals surface area contributed by atoms with E-state index in [0.717, 1.165) is 17.3 Å². The zero-order chi connectivity index (χ0) is 18.6. The number of hydrogen-bond acceptors (Lipinski definition) is 7. The van der Waals surface area contributed by atoms with Crippen molar-refractivity contribution in [1.29, 1.82) is 0 Å². The lowest BCUT2D eigenvalue weighted by Gasteiger charge is -2.34. The summed E-state index contributed by atoms with van der Waals surface area (Å²) in [4.78, 5) is 6.43. The van der Waals surface area contributed by atoms with Crippen LogP contribution in [0.4, 0.5) is 17.5 Å². The van der Waals surface area contributed by atoms with Crippen molar-refractivity contribution < 1.29 is 8.42 Å². The molecule has 0 atom stereocenters. The van der Waals surface area contributed by atoms with Crippen LogP contribution in [0.3, 0.4) is 0 Å². The molecule has 140 valence electrons. The van der Waals surface area contributed by atoms with Crippen LogP contribution in [-0.2, 0) is 10.0 Å². The van der Waals surface area contributed by atoms with Crippen molar-refractivity contribution >= 4 is 27.5 Å². The smallest absolute Gasteiger partial charge is 0.214 e. The highest BCUT2D eigenvalue weighted by Gasteiger charge is 2.26. The van der Waals surface area contributed by atoms with Gasteiger partial charge in [0.2, 0.25) is 10.0 Å². The molecule has 1 aliphatic heterocycles. The molecule has 0 radical (unpaired) electrons. The number of hydrogen-bond donors (Lipinski definition) is 1. The molecule has 1 fully saturated rings. The zero-order valence-electron chi connectivity index (χ0n) is 15.1. The van der Waals surface area contributed by atoms with Gasteiger partial charge in [-0.15, -0.1) is 10.2 Å². The normalized spacial score (nSPS) is 15.8. The van der Waals surface area contributed by atoms with Gasteiger partial charge >= 0.3 is 0 Å². The lowest BCUT2D eigenvalue weighted by atomic mass is 10.3. The third-order valence-electron chi connectivity index (χ3n) is 4.21. The van der Waals surface area contributed by atoms with E-state index in [9.17, 15) is 8.42 Å². The average molecular weight is 376 g/mol. The summed E-state index contributed by atoms with van der Waals surface area (Å²) >= 11 is 0. The second kappa shape index (κ2) is 7.96. The molecular weight excluding hydrogens is 352 g/mol. The molecule has 8 nitrogen and oxygen atoms in total. The van der Waals surface area contributed by atoms with Crippen LogP contribution in [0.5, 0.6) is 0 Å². The molecule has 9 heteroatoms. The van der Waals surface area contributed by atoms with E-state index in [0.29, 0.717) is 38.4 Å². The number of aromatic nitrogens is 3. The van der Waals surface area contributed by atoms with Gasteiger partial charge in [0.1, 0.15) is 5.82 Å². The largest absolute Gasteiger partial charge is 0.352 e. The SMILES string of the molecule is CCCS(=O)(=O)N1CCN(c2ccc(Nc3cccc(C)n3)nn2)CC1. The van der Waals surface area contributed by atoms with E-state index in [2.05, 4.69) is 25.4 Å². The molecule has 0 unspecified atom stereocenters. The summed E-state index contributed by atoms with van der Waals surface area (Å²) in [5.74, 6) is 2.30. The van der Waals surface area contributed by atoms with Crippen molar-refractivity contribution in [3.63, 3.8) is 0 Å². The molecule has 2 aromatic rings. The first-order chi connectivity index (χ1) is 12.5. The molecular formula is C17H24N6O2S. The summed E-state index contributed by atoms with van der Waals surface area (Å²) in [5, 5.41) is 11.6. The van der Waals surface area contributed by atoms with Gasteiger partial charge in [-0.3, -0.25) is 0 Å². The van der Waals surface area contributed by atoms with Crippen molar-refractivity contribution in [2.24, 2.45) is 0 Å². The van der Waals surface area contributed by atoms with E-state index < -0.39 is 10.0 Å².